The minimum atomic E-state index is -0.0561. The molecule has 1 aliphatic carbocycles. The van der Waals surface area contributed by atoms with Gasteiger partial charge in [0.25, 0.3) is 0 Å². The molecule has 0 spiro atoms. The van der Waals surface area contributed by atoms with E-state index in [0.29, 0.717) is 5.92 Å². The maximum Gasteiger partial charge on any atom is 0.308 e. The second-order valence-corrected chi connectivity index (χ2v) is 2.93. The summed E-state index contributed by atoms with van der Waals surface area (Å²) in [6, 6.07) is 0. The van der Waals surface area contributed by atoms with E-state index < -0.39 is 0 Å². The molecular formula is C6H9BrO2. The summed E-state index contributed by atoms with van der Waals surface area (Å²) in [5.74, 6) is 0.672. The van der Waals surface area contributed by atoms with Gasteiger partial charge in [-0.15, -0.1) is 0 Å². The van der Waals surface area contributed by atoms with Crippen molar-refractivity contribution in [3.05, 3.63) is 0 Å². The van der Waals surface area contributed by atoms with E-state index in [1.54, 1.807) is 0 Å². The molecule has 0 aromatic rings. The molecule has 0 aromatic heterocycles. The smallest absolute Gasteiger partial charge is 0.308 e. The van der Waals surface area contributed by atoms with Gasteiger partial charge in [-0.1, -0.05) is 15.9 Å². The minimum absolute atomic E-state index is 0.0561. The molecule has 0 aromatic carbocycles. The van der Waals surface area contributed by atoms with Gasteiger partial charge in [0.05, 0.1) is 13.0 Å². The lowest BCUT2D eigenvalue weighted by molar-refractivity contribution is -0.142. The fourth-order valence-electron chi connectivity index (χ4n) is 0.858. The van der Waals surface area contributed by atoms with Gasteiger partial charge in [-0.3, -0.25) is 4.79 Å². The summed E-state index contributed by atoms with van der Waals surface area (Å²) in [5.41, 5.74) is 0. The number of hydrogen-bond donors (Lipinski definition) is 0. The normalized spacial score (nSPS) is 31.8. The largest absolute Gasteiger partial charge is 0.469 e. The summed E-state index contributed by atoms with van der Waals surface area (Å²) in [6.45, 7) is 0. The standard InChI is InChI=1S/C6H9BrO2/c1-9-6(8)5-2-4(5)3-7/h4-5H,2-3H2,1H3/t4-,5+/m0/s1. The molecule has 1 saturated carbocycles. The molecule has 0 heterocycles. The van der Waals surface area contributed by atoms with Crippen molar-refractivity contribution in [1.82, 2.24) is 0 Å². The van der Waals surface area contributed by atoms with Gasteiger partial charge in [0.15, 0.2) is 0 Å². The Morgan fingerprint density at radius 2 is 2.56 bits per heavy atom. The number of methoxy groups -OCH3 is 1. The molecule has 0 saturated heterocycles. The quantitative estimate of drug-likeness (QED) is 0.486. The SMILES string of the molecule is COC(=O)[C@@H]1C[C@H]1CBr. The van der Waals surface area contributed by atoms with E-state index in [2.05, 4.69) is 20.7 Å². The third-order valence-electron chi connectivity index (χ3n) is 1.62. The van der Waals surface area contributed by atoms with Crippen molar-refractivity contribution in [2.45, 2.75) is 6.42 Å². The number of rotatable bonds is 2. The molecule has 0 amide bonds. The number of halogens is 1. The Hall–Kier alpha value is -0.0500. The van der Waals surface area contributed by atoms with Gasteiger partial charge in [-0.25, -0.2) is 0 Å². The number of alkyl halides is 1. The molecule has 2 nitrogen and oxygen atoms in total. The van der Waals surface area contributed by atoms with Crippen LogP contribution in [0.4, 0.5) is 0 Å². The maximum absolute atomic E-state index is 10.7. The summed E-state index contributed by atoms with van der Waals surface area (Å²) < 4.78 is 4.55. The molecular weight excluding hydrogens is 184 g/mol. The van der Waals surface area contributed by atoms with Crippen molar-refractivity contribution < 1.29 is 9.53 Å². The van der Waals surface area contributed by atoms with Gasteiger partial charge in [-0.2, -0.15) is 0 Å². The average Bonchev–Trinajstić information content (AvgIpc) is 2.64. The van der Waals surface area contributed by atoms with Gasteiger partial charge in [0.2, 0.25) is 0 Å². The first-order valence-corrected chi connectivity index (χ1v) is 4.05. The summed E-state index contributed by atoms with van der Waals surface area (Å²) in [4.78, 5) is 10.7. The van der Waals surface area contributed by atoms with Crippen LogP contribution < -0.4 is 0 Å². The van der Waals surface area contributed by atoms with E-state index in [9.17, 15) is 4.79 Å². The molecule has 3 heteroatoms. The molecule has 1 rings (SSSR count). The summed E-state index contributed by atoms with van der Waals surface area (Å²) >= 11 is 3.31. The molecule has 0 aliphatic heterocycles. The van der Waals surface area contributed by atoms with E-state index >= 15 is 0 Å². The van der Waals surface area contributed by atoms with E-state index in [1.165, 1.54) is 7.11 Å². The van der Waals surface area contributed by atoms with Crippen LogP contribution in [-0.2, 0) is 9.53 Å². The zero-order valence-electron chi connectivity index (χ0n) is 5.26. The van der Waals surface area contributed by atoms with Crippen LogP contribution in [-0.4, -0.2) is 18.4 Å². The highest BCUT2D eigenvalue weighted by atomic mass is 79.9. The molecule has 1 aliphatic rings. The summed E-state index contributed by atoms with van der Waals surface area (Å²) in [7, 11) is 1.44. The maximum atomic E-state index is 10.7. The zero-order chi connectivity index (χ0) is 6.85. The van der Waals surface area contributed by atoms with Gasteiger partial charge >= 0.3 is 5.97 Å². The van der Waals surface area contributed by atoms with Crippen LogP contribution in [0.5, 0.6) is 0 Å². The van der Waals surface area contributed by atoms with Crippen molar-refractivity contribution >= 4 is 21.9 Å². The first-order valence-electron chi connectivity index (χ1n) is 2.93. The number of esters is 1. The van der Waals surface area contributed by atoms with E-state index in [4.69, 9.17) is 0 Å². The summed E-state index contributed by atoms with van der Waals surface area (Å²) in [5, 5.41) is 0.923. The van der Waals surface area contributed by atoms with Crippen molar-refractivity contribution in [3.8, 4) is 0 Å². The predicted molar refractivity (Wildman–Crippen MR) is 37.4 cm³/mol. The van der Waals surface area contributed by atoms with Crippen LogP contribution in [0.25, 0.3) is 0 Å². The second kappa shape index (κ2) is 2.69. The number of carbonyl (C=O) groups excluding carboxylic acids is 1. The third kappa shape index (κ3) is 1.45. The molecule has 0 N–H and O–H groups in total. The molecule has 1 fully saturated rings. The molecule has 0 unspecified atom stereocenters. The van der Waals surface area contributed by atoms with Crippen LogP contribution in [0.15, 0.2) is 0 Å². The fourth-order valence-corrected chi connectivity index (χ4v) is 1.57. The van der Waals surface area contributed by atoms with Gasteiger partial charge in [0.1, 0.15) is 0 Å². The number of carbonyl (C=O) groups is 1. The summed E-state index contributed by atoms with van der Waals surface area (Å²) in [6.07, 6.45) is 0.998. The van der Waals surface area contributed by atoms with E-state index in [-0.39, 0.29) is 11.9 Å². The average molecular weight is 193 g/mol. The lowest BCUT2D eigenvalue weighted by Gasteiger charge is -1.92. The van der Waals surface area contributed by atoms with Crippen LogP contribution in [0.2, 0.25) is 0 Å². The Morgan fingerprint density at radius 1 is 1.89 bits per heavy atom. The fraction of sp³-hybridized carbons (Fsp3) is 0.833. The number of hydrogen-bond acceptors (Lipinski definition) is 2. The van der Waals surface area contributed by atoms with Gasteiger partial charge in [0, 0.05) is 5.33 Å². The van der Waals surface area contributed by atoms with Crippen molar-refractivity contribution in [3.63, 3.8) is 0 Å². The first-order chi connectivity index (χ1) is 4.29. The predicted octanol–water partition coefficient (Wildman–Crippen LogP) is 1.19. The Bertz CT molecular complexity index is 124. The van der Waals surface area contributed by atoms with Crippen molar-refractivity contribution in [2.75, 3.05) is 12.4 Å². The minimum Gasteiger partial charge on any atom is -0.469 e. The Labute approximate surface area is 62.7 Å². The van der Waals surface area contributed by atoms with Crippen molar-refractivity contribution in [2.24, 2.45) is 11.8 Å². The molecule has 52 valence electrons. The van der Waals surface area contributed by atoms with Crippen LogP contribution in [0.3, 0.4) is 0 Å². The highest BCUT2D eigenvalue weighted by Gasteiger charge is 2.42. The van der Waals surface area contributed by atoms with E-state index in [0.717, 1.165) is 11.8 Å². The second-order valence-electron chi connectivity index (χ2n) is 2.28. The van der Waals surface area contributed by atoms with Crippen LogP contribution in [0, 0.1) is 11.8 Å². The lowest BCUT2D eigenvalue weighted by atomic mass is 10.3. The topological polar surface area (TPSA) is 26.3 Å². The van der Waals surface area contributed by atoms with Crippen LogP contribution in [0.1, 0.15) is 6.42 Å². The monoisotopic (exact) mass is 192 g/mol. The Kier molecular flexibility index (Phi) is 2.11. The first kappa shape index (κ1) is 7.06. The lowest BCUT2D eigenvalue weighted by Crippen LogP contribution is -2.04. The van der Waals surface area contributed by atoms with Gasteiger partial charge < -0.3 is 4.74 Å². The molecule has 0 radical (unpaired) electrons. The number of ether oxygens (including phenoxy) is 1. The van der Waals surface area contributed by atoms with Crippen LogP contribution >= 0.6 is 15.9 Å². The van der Waals surface area contributed by atoms with E-state index in [1.807, 2.05) is 0 Å². The Morgan fingerprint density at radius 3 is 2.89 bits per heavy atom. The highest BCUT2D eigenvalue weighted by molar-refractivity contribution is 9.09. The zero-order valence-corrected chi connectivity index (χ0v) is 6.85. The highest BCUT2D eigenvalue weighted by Crippen LogP contribution is 2.40. The third-order valence-corrected chi connectivity index (χ3v) is 2.46. The molecule has 2 atom stereocenters. The van der Waals surface area contributed by atoms with Gasteiger partial charge in [-0.05, 0) is 12.3 Å². The van der Waals surface area contributed by atoms with Crippen molar-refractivity contribution in [1.29, 1.82) is 0 Å². The Balaban J connectivity index is 2.25. The molecule has 9 heavy (non-hydrogen) atoms. The molecule has 0 bridgehead atoms.